The summed E-state index contributed by atoms with van der Waals surface area (Å²) < 4.78 is 55.2. The number of rotatable bonds is 16. The van der Waals surface area contributed by atoms with Gasteiger partial charge in [0.05, 0.1) is 39.6 Å². The molecule has 0 radical (unpaired) electrons. The number of benzene rings is 2. The molecule has 1 heterocycles. The van der Waals surface area contributed by atoms with E-state index in [9.17, 15) is 13.2 Å². The van der Waals surface area contributed by atoms with Crippen LogP contribution in [0.15, 0.2) is 57.8 Å². The number of hydrogen-bond donors (Lipinski definition) is 2. The van der Waals surface area contributed by atoms with Crippen molar-refractivity contribution >= 4 is 32.6 Å². The quantitative estimate of drug-likeness (QED) is 0.208. The van der Waals surface area contributed by atoms with Crippen molar-refractivity contribution in [1.29, 1.82) is 0 Å². The third kappa shape index (κ3) is 9.15. The third-order valence-corrected chi connectivity index (χ3v) is 6.47. The molecule has 3 aromatic rings. The van der Waals surface area contributed by atoms with E-state index < -0.39 is 15.9 Å². The molecule has 3 N–H and O–H groups in total. The molecule has 1 amide bonds. The molecule has 0 aliphatic rings. The van der Waals surface area contributed by atoms with Crippen LogP contribution in [0.25, 0.3) is 11.0 Å². The van der Waals surface area contributed by atoms with E-state index in [0.717, 1.165) is 5.69 Å². The van der Waals surface area contributed by atoms with E-state index in [-0.39, 0.29) is 43.5 Å². The van der Waals surface area contributed by atoms with Gasteiger partial charge < -0.3 is 46.4 Å². The van der Waals surface area contributed by atoms with Crippen LogP contribution in [-0.2, 0) is 24.2 Å². The summed E-state index contributed by atoms with van der Waals surface area (Å²) in [6.07, 6.45) is 0. The Hall–Kier alpha value is -2.87. The standard InChI is InChI=1S/C25H33N3O8S.ClH/c1-28(2)20-8-7-19-17-23(36-22(19)18-20)25(29)27-37(30,31)24-6-4-3-5-21(24)35-16-15-34-14-13-33-12-11-32-10-9-26;/h3-8,17-18H,9-16,26H2,1-2H3,(H,27,29);1H. The molecular weight excluding hydrogens is 538 g/mol. The van der Waals surface area contributed by atoms with E-state index >= 15 is 0 Å². The van der Waals surface area contributed by atoms with E-state index in [1.165, 1.54) is 18.2 Å². The molecule has 0 aliphatic heterocycles. The normalized spacial score (nSPS) is 11.2. The Kier molecular flexibility index (Phi) is 12.8. The highest BCUT2D eigenvalue weighted by Gasteiger charge is 2.24. The SMILES string of the molecule is CN(C)c1ccc2cc(C(=O)NS(=O)(=O)c3ccccc3OCCOCCOCCOCCN)oc2c1.[Cl-].[H+]. The molecule has 0 unspecified atom stereocenters. The number of carbonyl (C=O) groups excluding carboxylic acids is 1. The zero-order valence-corrected chi connectivity index (χ0v) is 22.9. The summed E-state index contributed by atoms with van der Waals surface area (Å²) in [4.78, 5) is 14.4. The van der Waals surface area contributed by atoms with Crippen LogP contribution in [0.4, 0.5) is 5.69 Å². The molecule has 0 atom stereocenters. The summed E-state index contributed by atoms with van der Waals surface area (Å²) in [6, 6.07) is 13.0. The molecule has 0 bridgehead atoms. The van der Waals surface area contributed by atoms with Gasteiger partial charge in [0.15, 0.2) is 5.76 Å². The van der Waals surface area contributed by atoms with Crippen molar-refractivity contribution in [3.8, 4) is 5.75 Å². The first kappa shape index (κ1) is 31.3. The Labute approximate surface area is 230 Å². The van der Waals surface area contributed by atoms with Gasteiger partial charge in [0.1, 0.15) is 22.8 Å². The minimum Gasteiger partial charge on any atom is -1.00 e. The Morgan fingerprint density at radius 2 is 1.58 bits per heavy atom. The zero-order chi connectivity index (χ0) is 26.7. The fourth-order valence-corrected chi connectivity index (χ4v) is 4.37. The fraction of sp³-hybridized carbons (Fsp3) is 0.400. The van der Waals surface area contributed by atoms with E-state index in [1.54, 1.807) is 24.3 Å². The Bertz CT molecular complexity index is 1270. The smallest absolute Gasteiger partial charge is 1.00 e. The van der Waals surface area contributed by atoms with E-state index in [4.69, 9.17) is 29.1 Å². The molecule has 0 spiro atoms. The average molecular weight is 572 g/mol. The number of para-hydroxylation sites is 1. The summed E-state index contributed by atoms with van der Waals surface area (Å²) >= 11 is 0. The number of sulfonamides is 1. The summed E-state index contributed by atoms with van der Waals surface area (Å²) in [7, 11) is -0.470. The molecule has 0 aliphatic carbocycles. The van der Waals surface area contributed by atoms with Crippen LogP contribution in [-0.4, -0.2) is 81.2 Å². The highest BCUT2D eigenvalue weighted by molar-refractivity contribution is 7.90. The number of amides is 1. The number of hydrogen-bond acceptors (Lipinski definition) is 10. The van der Waals surface area contributed by atoms with E-state index in [1.807, 2.05) is 25.1 Å². The molecule has 0 saturated carbocycles. The van der Waals surface area contributed by atoms with Crippen LogP contribution < -0.4 is 32.5 Å². The Morgan fingerprint density at radius 1 is 0.947 bits per heavy atom. The van der Waals surface area contributed by atoms with Gasteiger partial charge >= 0.3 is 7.33 Å². The lowest BCUT2D eigenvalue weighted by Gasteiger charge is -2.12. The van der Waals surface area contributed by atoms with Crippen LogP contribution in [0, 0.1) is 0 Å². The lowest BCUT2D eigenvalue weighted by atomic mass is 10.2. The van der Waals surface area contributed by atoms with Gasteiger partial charge in [-0.2, -0.15) is 0 Å². The maximum Gasteiger partial charge on any atom is 1.00 e. The molecule has 3 rings (SSSR count). The van der Waals surface area contributed by atoms with Crippen LogP contribution in [0.5, 0.6) is 5.75 Å². The van der Waals surface area contributed by atoms with Gasteiger partial charge in [-0.15, -0.1) is 0 Å². The van der Waals surface area contributed by atoms with Crippen molar-refractivity contribution in [3.05, 3.63) is 54.3 Å². The second-order valence-electron chi connectivity index (χ2n) is 8.08. The van der Waals surface area contributed by atoms with Crippen molar-refractivity contribution < 1.29 is 50.4 Å². The van der Waals surface area contributed by atoms with Gasteiger partial charge in [0.25, 0.3) is 10.0 Å². The average Bonchev–Trinajstić information content (AvgIpc) is 3.31. The lowest BCUT2D eigenvalue weighted by molar-refractivity contribution is -0.0000203. The zero-order valence-electron chi connectivity index (χ0n) is 22.4. The summed E-state index contributed by atoms with van der Waals surface area (Å²) in [6.45, 7) is 2.96. The van der Waals surface area contributed by atoms with Gasteiger partial charge in [-0.1, -0.05) is 12.1 Å². The highest BCUT2D eigenvalue weighted by Crippen LogP contribution is 2.26. The minimum absolute atomic E-state index is 0. The molecule has 0 fully saturated rings. The maximum absolute atomic E-state index is 13.0. The van der Waals surface area contributed by atoms with Gasteiger partial charge in [-0.25, -0.2) is 13.1 Å². The number of carbonyl (C=O) groups is 1. The first-order chi connectivity index (χ1) is 17.8. The molecule has 13 heteroatoms. The van der Waals surface area contributed by atoms with Crippen LogP contribution in [0.3, 0.4) is 0 Å². The number of furan rings is 1. The first-order valence-corrected chi connectivity index (χ1v) is 13.2. The molecular formula is C25H34ClN3O8S. The Morgan fingerprint density at radius 3 is 2.24 bits per heavy atom. The van der Waals surface area contributed by atoms with Gasteiger partial charge in [-0.05, 0) is 30.3 Å². The van der Waals surface area contributed by atoms with Crippen LogP contribution in [0.2, 0.25) is 0 Å². The molecule has 38 heavy (non-hydrogen) atoms. The van der Waals surface area contributed by atoms with Crippen molar-refractivity contribution in [1.82, 2.24) is 4.72 Å². The highest BCUT2D eigenvalue weighted by atomic mass is 35.5. The summed E-state index contributed by atoms with van der Waals surface area (Å²) in [5.41, 5.74) is 6.69. The maximum atomic E-state index is 13.0. The Balaban J connectivity index is 0.00000380. The van der Waals surface area contributed by atoms with Crippen molar-refractivity contribution in [2.24, 2.45) is 5.73 Å². The fourth-order valence-electron chi connectivity index (χ4n) is 3.26. The molecule has 2 aromatic carbocycles. The van der Waals surface area contributed by atoms with Crippen molar-refractivity contribution in [2.75, 3.05) is 71.8 Å². The molecule has 0 saturated heterocycles. The molecule has 11 nitrogen and oxygen atoms in total. The van der Waals surface area contributed by atoms with Crippen molar-refractivity contribution in [2.45, 2.75) is 4.90 Å². The van der Waals surface area contributed by atoms with E-state index in [2.05, 4.69) is 4.72 Å². The number of nitrogens with one attached hydrogen (secondary N) is 1. The van der Waals surface area contributed by atoms with Crippen LogP contribution in [0.1, 0.15) is 12.0 Å². The number of ether oxygens (including phenoxy) is 4. The largest absolute Gasteiger partial charge is 1.00 e. The van der Waals surface area contributed by atoms with Crippen LogP contribution >= 0.6 is 0 Å². The second kappa shape index (κ2) is 15.5. The predicted octanol–water partition coefficient (Wildman–Crippen LogP) is -0.879. The number of halogens is 1. The first-order valence-electron chi connectivity index (χ1n) is 11.7. The minimum atomic E-state index is -4.24. The van der Waals surface area contributed by atoms with Gasteiger partial charge in [0, 0.05) is 37.8 Å². The number of fused-ring (bicyclic) bond motifs is 1. The van der Waals surface area contributed by atoms with Crippen molar-refractivity contribution in [3.63, 3.8) is 0 Å². The summed E-state index contributed by atoms with van der Waals surface area (Å²) in [5, 5.41) is 0.683. The third-order valence-electron chi connectivity index (χ3n) is 5.10. The number of nitrogens with two attached hydrogens (primary N) is 1. The number of anilines is 1. The number of nitrogens with zero attached hydrogens (tertiary/aromatic N) is 1. The topological polar surface area (TPSA) is 143 Å². The van der Waals surface area contributed by atoms with E-state index in [0.29, 0.717) is 50.5 Å². The monoisotopic (exact) mass is 571 g/mol. The van der Waals surface area contributed by atoms with Gasteiger partial charge in [0.2, 0.25) is 0 Å². The predicted molar refractivity (Wildman–Crippen MR) is 140 cm³/mol. The summed E-state index contributed by atoms with van der Waals surface area (Å²) in [5.74, 6) is -0.899. The van der Waals surface area contributed by atoms with Gasteiger partial charge in [-0.3, -0.25) is 4.79 Å². The second-order valence-corrected chi connectivity index (χ2v) is 9.73. The molecule has 210 valence electrons. The molecule has 1 aromatic heterocycles. The lowest BCUT2D eigenvalue weighted by Crippen LogP contribution is -3.00.